The number of aryl methyl sites for hydroxylation is 2. The Balaban J connectivity index is 1.63. The molecular formula is C20H17BrN6O. The maximum Gasteiger partial charge on any atom is 0.324 e. The molecule has 8 heteroatoms. The number of fused-ring (bicyclic) bond motifs is 1. The predicted molar refractivity (Wildman–Crippen MR) is 113 cm³/mol. The first kappa shape index (κ1) is 18.1. The van der Waals surface area contributed by atoms with Gasteiger partial charge in [-0.2, -0.15) is 5.10 Å². The number of benzene rings is 2. The third-order valence-electron chi connectivity index (χ3n) is 4.28. The van der Waals surface area contributed by atoms with E-state index in [1.165, 1.54) is 11.9 Å². The number of hydrogen-bond acceptors (Lipinski definition) is 4. The summed E-state index contributed by atoms with van der Waals surface area (Å²) in [6.07, 6.45) is 3.07. The van der Waals surface area contributed by atoms with Crippen molar-refractivity contribution in [3.63, 3.8) is 0 Å². The van der Waals surface area contributed by atoms with Gasteiger partial charge in [0.25, 0.3) is 0 Å². The summed E-state index contributed by atoms with van der Waals surface area (Å²) in [5.74, 6) is 0.399. The van der Waals surface area contributed by atoms with Crippen molar-refractivity contribution in [1.82, 2.24) is 19.7 Å². The third-order valence-corrected chi connectivity index (χ3v) is 4.81. The van der Waals surface area contributed by atoms with E-state index in [0.29, 0.717) is 22.5 Å². The topological polar surface area (TPSA) is 84.7 Å². The lowest BCUT2D eigenvalue weighted by Gasteiger charge is -2.09. The zero-order valence-corrected chi connectivity index (χ0v) is 16.9. The molecule has 140 valence electrons. The second-order valence-electron chi connectivity index (χ2n) is 6.39. The lowest BCUT2D eigenvalue weighted by atomic mass is 10.1. The molecule has 0 spiro atoms. The number of carbonyl (C=O) groups excluding carboxylic acids is 1. The van der Waals surface area contributed by atoms with Crippen molar-refractivity contribution in [2.45, 2.75) is 13.8 Å². The Labute approximate surface area is 169 Å². The van der Waals surface area contributed by atoms with E-state index in [0.717, 1.165) is 15.7 Å². The molecule has 2 aromatic heterocycles. The Hall–Kier alpha value is -3.26. The van der Waals surface area contributed by atoms with Gasteiger partial charge < -0.3 is 5.32 Å². The van der Waals surface area contributed by atoms with Crippen LogP contribution in [0.3, 0.4) is 0 Å². The maximum atomic E-state index is 12.4. The van der Waals surface area contributed by atoms with E-state index in [2.05, 4.69) is 47.7 Å². The molecule has 0 aliphatic rings. The summed E-state index contributed by atoms with van der Waals surface area (Å²) in [4.78, 5) is 20.9. The van der Waals surface area contributed by atoms with Gasteiger partial charge >= 0.3 is 6.03 Å². The van der Waals surface area contributed by atoms with Gasteiger partial charge in [0.1, 0.15) is 12.1 Å². The van der Waals surface area contributed by atoms with Crippen molar-refractivity contribution in [1.29, 1.82) is 0 Å². The maximum absolute atomic E-state index is 12.4. The first-order valence-electron chi connectivity index (χ1n) is 8.61. The second-order valence-corrected chi connectivity index (χ2v) is 7.31. The Bertz CT molecular complexity index is 1170. The van der Waals surface area contributed by atoms with Crippen LogP contribution in [0.5, 0.6) is 0 Å². The Morgan fingerprint density at radius 2 is 1.82 bits per heavy atom. The van der Waals surface area contributed by atoms with Gasteiger partial charge in [0.05, 0.1) is 17.3 Å². The third kappa shape index (κ3) is 3.59. The van der Waals surface area contributed by atoms with Crippen LogP contribution >= 0.6 is 15.9 Å². The Morgan fingerprint density at radius 1 is 1.04 bits per heavy atom. The molecule has 4 rings (SSSR count). The van der Waals surface area contributed by atoms with Gasteiger partial charge in [-0.3, -0.25) is 5.32 Å². The molecule has 4 aromatic rings. The molecule has 0 unspecified atom stereocenters. The number of nitrogens with one attached hydrogen (secondary N) is 2. The second kappa shape index (κ2) is 7.40. The number of nitrogens with zero attached hydrogens (tertiary/aromatic N) is 4. The molecular weight excluding hydrogens is 420 g/mol. The molecule has 2 N–H and O–H groups in total. The van der Waals surface area contributed by atoms with Crippen molar-refractivity contribution >= 4 is 44.5 Å². The average molecular weight is 437 g/mol. The van der Waals surface area contributed by atoms with Crippen LogP contribution in [0.4, 0.5) is 16.3 Å². The minimum atomic E-state index is -0.387. The van der Waals surface area contributed by atoms with E-state index in [-0.39, 0.29) is 6.03 Å². The standard InChI is InChI=1S/C20H17BrN6O/c1-12-3-8-17(13(2)9-12)27-19-16(10-24-27)18(22-11-23-19)26-20(28)25-15-6-4-14(21)5-7-15/h3-11H,1-2H3,(H2,22,23,25,26,28). The minimum absolute atomic E-state index is 0.387. The summed E-state index contributed by atoms with van der Waals surface area (Å²) < 4.78 is 2.69. The fraction of sp³-hybridized carbons (Fsp3) is 0.100. The predicted octanol–water partition coefficient (Wildman–Crippen LogP) is 4.84. The van der Waals surface area contributed by atoms with E-state index in [4.69, 9.17) is 0 Å². The van der Waals surface area contributed by atoms with Crippen LogP contribution in [-0.4, -0.2) is 25.8 Å². The molecule has 2 aromatic carbocycles. The zero-order chi connectivity index (χ0) is 19.7. The number of aromatic nitrogens is 4. The van der Waals surface area contributed by atoms with Gasteiger partial charge in [-0.25, -0.2) is 19.4 Å². The molecule has 0 bridgehead atoms. The van der Waals surface area contributed by atoms with Crippen molar-refractivity contribution in [3.8, 4) is 5.69 Å². The first-order valence-corrected chi connectivity index (χ1v) is 9.40. The van der Waals surface area contributed by atoms with Crippen LogP contribution < -0.4 is 10.6 Å². The first-order chi connectivity index (χ1) is 13.5. The van der Waals surface area contributed by atoms with Crippen molar-refractivity contribution in [3.05, 3.63) is 70.6 Å². The number of hydrogen-bond donors (Lipinski definition) is 2. The molecule has 0 aliphatic carbocycles. The molecule has 0 saturated heterocycles. The molecule has 0 atom stereocenters. The van der Waals surface area contributed by atoms with Crippen LogP contribution in [0.25, 0.3) is 16.7 Å². The van der Waals surface area contributed by atoms with E-state index < -0.39 is 0 Å². The van der Waals surface area contributed by atoms with Crippen molar-refractivity contribution in [2.24, 2.45) is 0 Å². The van der Waals surface area contributed by atoms with Gasteiger partial charge in [0, 0.05) is 10.2 Å². The molecule has 0 fully saturated rings. The fourth-order valence-electron chi connectivity index (χ4n) is 2.97. The lowest BCUT2D eigenvalue weighted by Crippen LogP contribution is -2.20. The highest BCUT2D eigenvalue weighted by Gasteiger charge is 2.14. The van der Waals surface area contributed by atoms with Gasteiger partial charge in [-0.15, -0.1) is 0 Å². The van der Waals surface area contributed by atoms with Crippen LogP contribution in [0.1, 0.15) is 11.1 Å². The van der Waals surface area contributed by atoms with E-state index in [1.807, 2.05) is 38.1 Å². The number of carbonyl (C=O) groups is 1. The van der Waals surface area contributed by atoms with Gasteiger partial charge in [-0.1, -0.05) is 33.6 Å². The SMILES string of the molecule is Cc1ccc(-n2ncc3c(NC(=O)Nc4ccc(Br)cc4)ncnc32)c(C)c1. The van der Waals surface area contributed by atoms with E-state index >= 15 is 0 Å². The van der Waals surface area contributed by atoms with Crippen LogP contribution in [0.15, 0.2) is 59.5 Å². The molecule has 2 amide bonds. The largest absolute Gasteiger partial charge is 0.324 e. The fourth-order valence-corrected chi connectivity index (χ4v) is 3.23. The number of halogens is 1. The van der Waals surface area contributed by atoms with Crippen LogP contribution in [0.2, 0.25) is 0 Å². The summed E-state index contributed by atoms with van der Waals surface area (Å²) in [6, 6.07) is 13.1. The van der Waals surface area contributed by atoms with Crippen LogP contribution in [0, 0.1) is 13.8 Å². The number of rotatable bonds is 3. The van der Waals surface area contributed by atoms with E-state index in [1.54, 1.807) is 23.0 Å². The number of urea groups is 1. The van der Waals surface area contributed by atoms with Gasteiger partial charge in [0.15, 0.2) is 5.65 Å². The highest BCUT2D eigenvalue weighted by atomic mass is 79.9. The van der Waals surface area contributed by atoms with Crippen LogP contribution in [-0.2, 0) is 0 Å². The molecule has 28 heavy (non-hydrogen) atoms. The Morgan fingerprint density at radius 3 is 2.57 bits per heavy atom. The summed E-state index contributed by atoms with van der Waals surface area (Å²) >= 11 is 3.37. The summed E-state index contributed by atoms with van der Waals surface area (Å²) in [5.41, 5.74) is 4.51. The Kier molecular flexibility index (Phi) is 4.79. The van der Waals surface area contributed by atoms with E-state index in [9.17, 15) is 4.79 Å². The highest BCUT2D eigenvalue weighted by Crippen LogP contribution is 2.24. The summed E-state index contributed by atoms with van der Waals surface area (Å²) in [6.45, 7) is 4.08. The monoisotopic (exact) mass is 436 g/mol. The molecule has 0 aliphatic heterocycles. The molecule has 2 heterocycles. The average Bonchev–Trinajstić information content (AvgIpc) is 3.09. The zero-order valence-electron chi connectivity index (χ0n) is 15.3. The highest BCUT2D eigenvalue weighted by molar-refractivity contribution is 9.10. The molecule has 0 saturated carbocycles. The lowest BCUT2D eigenvalue weighted by molar-refractivity contribution is 0.262. The minimum Gasteiger partial charge on any atom is -0.308 e. The number of anilines is 2. The normalized spacial score (nSPS) is 10.8. The summed E-state index contributed by atoms with van der Waals surface area (Å²) in [7, 11) is 0. The van der Waals surface area contributed by atoms with Crippen molar-refractivity contribution < 1.29 is 4.79 Å². The molecule has 0 radical (unpaired) electrons. The smallest absolute Gasteiger partial charge is 0.308 e. The van der Waals surface area contributed by atoms with Gasteiger partial charge in [0.2, 0.25) is 0 Å². The summed E-state index contributed by atoms with van der Waals surface area (Å²) in [5, 5.41) is 10.7. The van der Waals surface area contributed by atoms with Crippen molar-refractivity contribution in [2.75, 3.05) is 10.6 Å². The quantitative estimate of drug-likeness (QED) is 0.481. The van der Waals surface area contributed by atoms with Gasteiger partial charge in [-0.05, 0) is 49.7 Å². The number of amides is 2. The molecule has 7 nitrogen and oxygen atoms in total.